The zero-order valence-corrected chi connectivity index (χ0v) is 21.7. The second-order valence-electron chi connectivity index (χ2n) is 9.61. The van der Waals surface area contributed by atoms with E-state index in [-0.39, 0.29) is 30.7 Å². The number of ether oxygens (including phenoxy) is 1. The summed E-state index contributed by atoms with van der Waals surface area (Å²) in [5.74, 6) is -1.02. The summed E-state index contributed by atoms with van der Waals surface area (Å²) >= 11 is 1.31. The lowest BCUT2D eigenvalue weighted by Gasteiger charge is -2.24. The quantitative estimate of drug-likeness (QED) is 0.434. The number of hydrogen-bond donors (Lipinski definition) is 3. The Kier molecular flexibility index (Phi) is 7.12. The number of nitrogens with zero attached hydrogens (tertiary/aromatic N) is 2. The third-order valence-electron chi connectivity index (χ3n) is 5.60. The lowest BCUT2D eigenvalue weighted by Crippen LogP contribution is -2.45. The molecule has 0 radical (unpaired) electrons. The second kappa shape index (κ2) is 10.1. The topological polar surface area (TPSA) is 148 Å². The van der Waals surface area contributed by atoms with E-state index in [9.17, 15) is 24.0 Å². The number of carbonyl (C=O) groups is 4. The fraction of sp³-hybridized carbons (Fsp3) is 0.360. The van der Waals surface area contributed by atoms with Gasteiger partial charge in [0.05, 0.1) is 23.2 Å². The Morgan fingerprint density at radius 2 is 2.00 bits per heavy atom. The van der Waals surface area contributed by atoms with Crippen LogP contribution in [0.25, 0.3) is 10.9 Å². The minimum Gasteiger partial charge on any atom is -0.444 e. The molecule has 37 heavy (non-hydrogen) atoms. The first-order valence-corrected chi connectivity index (χ1v) is 12.5. The number of para-hydroxylation sites is 1. The van der Waals surface area contributed by atoms with Gasteiger partial charge in [-0.25, -0.2) is 9.78 Å². The molecule has 1 atom stereocenters. The predicted octanol–water partition coefficient (Wildman–Crippen LogP) is 3.02. The molecule has 1 fully saturated rings. The van der Waals surface area contributed by atoms with E-state index in [0.717, 1.165) is 4.88 Å². The minimum absolute atomic E-state index is 0.131. The molecule has 1 aliphatic rings. The number of fused-ring (bicyclic) bond motifs is 1. The molecule has 0 spiro atoms. The Bertz CT molecular complexity index is 1470. The number of rotatable bonds is 5. The van der Waals surface area contributed by atoms with Crippen molar-refractivity contribution in [3.63, 3.8) is 0 Å². The first-order chi connectivity index (χ1) is 17.4. The molecular formula is C25H27N5O6S. The van der Waals surface area contributed by atoms with Crippen LogP contribution in [-0.4, -0.2) is 39.0 Å². The van der Waals surface area contributed by atoms with Crippen LogP contribution in [0.2, 0.25) is 0 Å². The van der Waals surface area contributed by atoms with Crippen LogP contribution >= 0.6 is 11.3 Å². The van der Waals surface area contributed by atoms with Gasteiger partial charge in [-0.2, -0.15) is 0 Å². The number of nitrogens with one attached hydrogen (secondary N) is 3. The van der Waals surface area contributed by atoms with Gasteiger partial charge >= 0.3 is 6.09 Å². The first kappa shape index (κ1) is 26.0. The molecule has 3 N–H and O–H groups in total. The summed E-state index contributed by atoms with van der Waals surface area (Å²) in [5.41, 5.74) is -0.0158. The van der Waals surface area contributed by atoms with E-state index >= 15 is 0 Å². The summed E-state index contributed by atoms with van der Waals surface area (Å²) < 4.78 is 6.50. The van der Waals surface area contributed by atoms with Gasteiger partial charge < -0.3 is 15.4 Å². The summed E-state index contributed by atoms with van der Waals surface area (Å²) in [5, 5.41) is 9.62. The van der Waals surface area contributed by atoms with Crippen molar-refractivity contribution < 1.29 is 23.9 Å². The van der Waals surface area contributed by atoms with E-state index in [1.54, 1.807) is 57.3 Å². The molecule has 4 rings (SSSR count). The second-order valence-corrected chi connectivity index (χ2v) is 10.6. The highest BCUT2D eigenvalue weighted by molar-refractivity contribution is 7.10. The maximum absolute atomic E-state index is 13.3. The fourth-order valence-corrected chi connectivity index (χ4v) is 4.79. The van der Waals surface area contributed by atoms with Crippen LogP contribution in [0.3, 0.4) is 0 Å². The average Bonchev–Trinajstić information content (AvgIpc) is 3.28. The van der Waals surface area contributed by atoms with Crippen molar-refractivity contribution >= 4 is 51.7 Å². The molecular weight excluding hydrogens is 498 g/mol. The van der Waals surface area contributed by atoms with E-state index in [1.165, 1.54) is 15.9 Å². The number of hydrogen-bond acceptors (Lipinski definition) is 8. The van der Waals surface area contributed by atoms with Crippen molar-refractivity contribution in [3.8, 4) is 0 Å². The summed E-state index contributed by atoms with van der Waals surface area (Å²) in [6.45, 7) is 7.13. The van der Waals surface area contributed by atoms with Crippen LogP contribution in [0.1, 0.15) is 60.7 Å². The van der Waals surface area contributed by atoms with Crippen molar-refractivity contribution in [2.24, 2.45) is 0 Å². The van der Waals surface area contributed by atoms with Gasteiger partial charge in [0.2, 0.25) is 11.8 Å². The van der Waals surface area contributed by atoms with E-state index in [1.807, 2.05) is 0 Å². The number of piperidine rings is 1. The van der Waals surface area contributed by atoms with Crippen molar-refractivity contribution in [1.82, 2.24) is 20.2 Å². The highest BCUT2D eigenvalue weighted by Gasteiger charge is 2.30. The molecule has 1 aliphatic heterocycles. The number of benzene rings is 1. The van der Waals surface area contributed by atoms with Gasteiger partial charge in [-0.1, -0.05) is 6.07 Å². The third-order valence-corrected chi connectivity index (χ3v) is 6.54. The zero-order valence-electron chi connectivity index (χ0n) is 20.8. The van der Waals surface area contributed by atoms with E-state index < -0.39 is 35.1 Å². The fourth-order valence-electron chi connectivity index (χ4n) is 3.99. The standard InChI is InChI=1S/C25H27N5O6S/c1-13-27-20-16(23(34)30(13)18-8-9-19(31)29-22(18)33)6-5-7-17(20)28-21(32)14-10-15(37-12-14)11-26-24(35)36-25(2,3)4/h5-7,10,12,18H,8-9,11H2,1-4H3,(H,26,35)(H,28,32)(H,29,31,33). The predicted molar refractivity (Wildman–Crippen MR) is 138 cm³/mol. The van der Waals surface area contributed by atoms with E-state index in [0.29, 0.717) is 22.6 Å². The number of aromatic nitrogens is 2. The molecule has 0 aliphatic carbocycles. The summed E-state index contributed by atoms with van der Waals surface area (Å²) in [7, 11) is 0. The van der Waals surface area contributed by atoms with Gasteiger partial charge in [0.15, 0.2) is 0 Å². The Hall–Kier alpha value is -4.06. The van der Waals surface area contributed by atoms with E-state index in [2.05, 4.69) is 20.9 Å². The summed E-state index contributed by atoms with van der Waals surface area (Å²) in [4.78, 5) is 67.3. The Balaban J connectivity index is 1.53. The molecule has 0 bridgehead atoms. The molecule has 3 aromatic rings. The van der Waals surface area contributed by atoms with Crippen LogP contribution < -0.4 is 21.5 Å². The average molecular weight is 526 g/mol. The monoisotopic (exact) mass is 525 g/mol. The highest BCUT2D eigenvalue weighted by Crippen LogP contribution is 2.24. The largest absolute Gasteiger partial charge is 0.444 e. The Morgan fingerprint density at radius 1 is 1.24 bits per heavy atom. The molecule has 12 heteroatoms. The van der Waals surface area contributed by atoms with Crippen molar-refractivity contribution in [2.45, 2.75) is 58.7 Å². The molecule has 2 aromatic heterocycles. The van der Waals surface area contributed by atoms with Gasteiger partial charge in [-0.05, 0) is 52.3 Å². The van der Waals surface area contributed by atoms with Crippen LogP contribution in [0.15, 0.2) is 34.4 Å². The van der Waals surface area contributed by atoms with Crippen LogP contribution in [0.4, 0.5) is 10.5 Å². The van der Waals surface area contributed by atoms with Crippen molar-refractivity contribution in [1.29, 1.82) is 0 Å². The molecule has 194 valence electrons. The molecule has 0 saturated carbocycles. The summed E-state index contributed by atoms with van der Waals surface area (Å²) in [6.07, 6.45) is -0.211. The number of carbonyl (C=O) groups excluding carboxylic acids is 4. The number of anilines is 1. The molecule has 1 aromatic carbocycles. The lowest BCUT2D eigenvalue weighted by molar-refractivity contribution is -0.135. The lowest BCUT2D eigenvalue weighted by atomic mass is 10.1. The van der Waals surface area contributed by atoms with Gasteiger partial charge in [0, 0.05) is 16.7 Å². The Labute approximate surface area is 216 Å². The van der Waals surface area contributed by atoms with Gasteiger partial charge in [-0.3, -0.25) is 29.1 Å². The summed E-state index contributed by atoms with van der Waals surface area (Å²) in [6, 6.07) is 5.66. The number of alkyl carbamates (subject to hydrolysis) is 1. The van der Waals surface area contributed by atoms with Crippen LogP contribution in [0.5, 0.6) is 0 Å². The molecule has 4 amide bonds. The normalized spacial score (nSPS) is 15.8. The highest BCUT2D eigenvalue weighted by atomic mass is 32.1. The first-order valence-electron chi connectivity index (χ1n) is 11.6. The van der Waals surface area contributed by atoms with Gasteiger partial charge in [0.25, 0.3) is 11.5 Å². The number of thiophene rings is 1. The Morgan fingerprint density at radius 3 is 2.70 bits per heavy atom. The number of amides is 4. The molecule has 11 nitrogen and oxygen atoms in total. The zero-order chi connectivity index (χ0) is 26.9. The SMILES string of the molecule is Cc1nc2c(NC(=O)c3csc(CNC(=O)OC(C)(C)C)c3)cccc2c(=O)n1C1CCC(=O)NC1=O. The number of aryl methyl sites for hydroxylation is 1. The van der Waals surface area contributed by atoms with Crippen molar-refractivity contribution in [3.05, 3.63) is 56.3 Å². The van der Waals surface area contributed by atoms with Gasteiger partial charge in [0.1, 0.15) is 23.0 Å². The van der Waals surface area contributed by atoms with Crippen LogP contribution in [0, 0.1) is 6.92 Å². The molecule has 3 heterocycles. The third kappa shape index (κ3) is 5.85. The van der Waals surface area contributed by atoms with Crippen molar-refractivity contribution in [2.75, 3.05) is 5.32 Å². The van der Waals surface area contributed by atoms with Gasteiger partial charge in [-0.15, -0.1) is 11.3 Å². The number of imide groups is 1. The maximum atomic E-state index is 13.3. The molecule has 1 unspecified atom stereocenters. The maximum Gasteiger partial charge on any atom is 0.407 e. The van der Waals surface area contributed by atoms with E-state index in [4.69, 9.17) is 4.74 Å². The molecule has 1 saturated heterocycles. The smallest absolute Gasteiger partial charge is 0.407 e. The van der Waals surface area contributed by atoms with Crippen LogP contribution in [-0.2, 0) is 20.9 Å². The minimum atomic E-state index is -0.834.